The predicted octanol–water partition coefficient (Wildman–Crippen LogP) is 2.89. The molecule has 0 saturated heterocycles. The maximum atomic E-state index is 6.03. The second-order valence-corrected chi connectivity index (χ2v) is 4.19. The zero-order valence-corrected chi connectivity index (χ0v) is 10.3. The Labute approximate surface area is 96.6 Å². The van der Waals surface area contributed by atoms with E-state index in [4.69, 9.17) is 16.3 Å². The summed E-state index contributed by atoms with van der Waals surface area (Å²) in [5, 5.41) is 3.79. The molecule has 0 fully saturated rings. The lowest BCUT2D eigenvalue weighted by Gasteiger charge is -2.12. The van der Waals surface area contributed by atoms with E-state index in [1.165, 1.54) is 5.56 Å². The Balaban J connectivity index is 2.75. The molecule has 0 aliphatic carbocycles. The summed E-state index contributed by atoms with van der Waals surface area (Å²) in [5.41, 5.74) is 1.24. The summed E-state index contributed by atoms with van der Waals surface area (Å²) in [7, 11) is 1.95. The van der Waals surface area contributed by atoms with Crippen LogP contribution in [0.25, 0.3) is 0 Å². The first-order chi connectivity index (χ1) is 7.13. The van der Waals surface area contributed by atoms with Crippen LogP contribution < -0.4 is 10.1 Å². The number of benzene rings is 1. The van der Waals surface area contributed by atoms with Crippen LogP contribution in [-0.4, -0.2) is 19.7 Å². The summed E-state index contributed by atoms with van der Waals surface area (Å²) in [6.07, 6.45) is 1.14. The van der Waals surface area contributed by atoms with E-state index in [9.17, 15) is 0 Å². The summed E-state index contributed by atoms with van der Waals surface area (Å²) < 4.78 is 5.61. The number of hydrogen-bond acceptors (Lipinski definition) is 2. The van der Waals surface area contributed by atoms with E-state index in [1.807, 2.05) is 39.1 Å². The van der Waals surface area contributed by atoms with Gasteiger partial charge in [-0.2, -0.15) is 0 Å². The van der Waals surface area contributed by atoms with Crippen LogP contribution in [0.4, 0.5) is 0 Å². The molecule has 0 heterocycles. The van der Waals surface area contributed by atoms with Crippen molar-refractivity contribution in [2.75, 3.05) is 13.6 Å². The fraction of sp³-hybridized carbons (Fsp3) is 0.500. The number of nitrogens with one attached hydrogen (secondary N) is 1. The molecule has 0 unspecified atom stereocenters. The molecule has 0 aliphatic heterocycles. The SMILES string of the molecule is CNCCc1ccc(Cl)c(OC(C)C)c1. The molecule has 0 saturated carbocycles. The lowest BCUT2D eigenvalue weighted by Crippen LogP contribution is -2.11. The second-order valence-electron chi connectivity index (χ2n) is 3.78. The summed E-state index contributed by atoms with van der Waals surface area (Å²) in [4.78, 5) is 0. The molecule has 0 amide bonds. The van der Waals surface area contributed by atoms with Gasteiger partial charge in [-0.25, -0.2) is 0 Å². The van der Waals surface area contributed by atoms with Crippen LogP contribution in [0.5, 0.6) is 5.75 Å². The number of ether oxygens (including phenoxy) is 1. The van der Waals surface area contributed by atoms with Gasteiger partial charge in [0.25, 0.3) is 0 Å². The van der Waals surface area contributed by atoms with Crippen molar-refractivity contribution in [3.63, 3.8) is 0 Å². The Morgan fingerprint density at radius 2 is 2.13 bits per heavy atom. The van der Waals surface area contributed by atoms with Gasteiger partial charge in [-0.1, -0.05) is 17.7 Å². The molecule has 84 valence electrons. The minimum atomic E-state index is 0.155. The highest BCUT2D eigenvalue weighted by molar-refractivity contribution is 6.32. The lowest BCUT2D eigenvalue weighted by atomic mass is 10.1. The first-order valence-electron chi connectivity index (χ1n) is 5.23. The van der Waals surface area contributed by atoms with Gasteiger partial charge < -0.3 is 10.1 Å². The van der Waals surface area contributed by atoms with Crippen LogP contribution >= 0.6 is 11.6 Å². The predicted molar refractivity (Wildman–Crippen MR) is 64.8 cm³/mol. The fourth-order valence-corrected chi connectivity index (χ4v) is 1.48. The standard InChI is InChI=1S/C12H18ClNO/c1-9(2)15-12-8-10(6-7-14-3)4-5-11(12)13/h4-5,8-9,14H,6-7H2,1-3H3. The van der Waals surface area contributed by atoms with Crippen LogP contribution in [0.15, 0.2) is 18.2 Å². The number of likely N-dealkylation sites (N-methyl/N-ethyl adjacent to an activating group) is 1. The van der Waals surface area contributed by atoms with E-state index in [1.54, 1.807) is 0 Å². The minimum Gasteiger partial charge on any atom is -0.489 e. The average Bonchev–Trinajstić information content (AvgIpc) is 2.18. The van der Waals surface area contributed by atoms with Gasteiger partial charge >= 0.3 is 0 Å². The molecule has 1 aromatic rings. The topological polar surface area (TPSA) is 21.3 Å². The number of halogens is 1. The Kier molecular flexibility index (Phi) is 4.92. The Morgan fingerprint density at radius 1 is 1.40 bits per heavy atom. The van der Waals surface area contributed by atoms with Crippen molar-refractivity contribution in [3.8, 4) is 5.75 Å². The Morgan fingerprint density at radius 3 is 2.73 bits per heavy atom. The second kappa shape index (κ2) is 5.99. The zero-order chi connectivity index (χ0) is 11.3. The van der Waals surface area contributed by atoms with E-state index in [0.29, 0.717) is 5.02 Å². The molecule has 2 nitrogen and oxygen atoms in total. The molecule has 1 rings (SSSR count). The molecule has 1 aromatic carbocycles. The average molecular weight is 228 g/mol. The van der Waals surface area contributed by atoms with E-state index >= 15 is 0 Å². The highest BCUT2D eigenvalue weighted by atomic mass is 35.5. The molecular formula is C12H18ClNO. The van der Waals surface area contributed by atoms with Gasteiger partial charge in [0.2, 0.25) is 0 Å². The van der Waals surface area contributed by atoms with Crippen molar-refractivity contribution in [1.82, 2.24) is 5.32 Å². The first kappa shape index (κ1) is 12.3. The van der Waals surface area contributed by atoms with Crippen LogP contribution in [-0.2, 0) is 6.42 Å². The first-order valence-corrected chi connectivity index (χ1v) is 5.61. The molecule has 15 heavy (non-hydrogen) atoms. The third-order valence-electron chi connectivity index (χ3n) is 2.02. The van der Waals surface area contributed by atoms with Crippen LogP contribution in [0.2, 0.25) is 5.02 Å². The molecule has 0 atom stereocenters. The van der Waals surface area contributed by atoms with Gasteiger partial charge in [0, 0.05) is 0 Å². The highest BCUT2D eigenvalue weighted by Crippen LogP contribution is 2.26. The summed E-state index contributed by atoms with van der Waals surface area (Å²) in [6, 6.07) is 5.94. The maximum absolute atomic E-state index is 6.03. The van der Waals surface area contributed by atoms with Crippen molar-refractivity contribution in [2.24, 2.45) is 0 Å². The van der Waals surface area contributed by atoms with Crippen molar-refractivity contribution >= 4 is 11.6 Å². The van der Waals surface area contributed by atoms with E-state index in [0.717, 1.165) is 18.7 Å². The minimum absolute atomic E-state index is 0.155. The van der Waals surface area contributed by atoms with Gasteiger partial charge in [0.15, 0.2) is 0 Å². The normalized spacial score (nSPS) is 10.7. The fourth-order valence-electron chi connectivity index (χ4n) is 1.32. The molecule has 0 aromatic heterocycles. The largest absolute Gasteiger partial charge is 0.489 e. The quantitative estimate of drug-likeness (QED) is 0.835. The van der Waals surface area contributed by atoms with Crippen molar-refractivity contribution in [1.29, 1.82) is 0 Å². The molecular weight excluding hydrogens is 210 g/mol. The highest BCUT2D eigenvalue weighted by Gasteiger charge is 2.04. The summed E-state index contributed by atoms with van der Waals surface area (Å²) in [5.74, 6) is 0.778. The van der Waals surface area contributed by atoms with Crippen LogP contribution in [0, 0.1) is 0 Å². The molecule has 0 bridgehead atoms. The lowest BCUT2D eigenvalue weighted by molar-refractivity contribution is 0.242. The van der Waals surface area contributed by atoms with Gasteiger partial charge in [0.05, 0.1) is 11.1 Å². The molecule has 0 aliphatic rings. The Bertz CT molecular complexity index is 312. The monoisotopic (exact) mass is 227 g/mol. The van der Waals surface area contributed by atoms with Crippen LogP contribution in [0.1, 0.15) is 19.4 Å². The summed E-state index contributed by atoms with van der Waals surface area (Å²) in [6.45, 7) is 4.95. The van der Waals surface area contributed by atoms with Crippen molar-refractivity contribution < 1.29 is 4.74 Å². The van der Waals surface area contributed by atoms with Crippen molar-refractivity contribution in [2.45, 2.75) is 26.4 Å². The van der Waals surface area contributed by atoms with E-state index < -0.39 is 0 Å². The number of hydrogen-bond donors (Lipinski definition) is 1. The summed E-state index contributed by atoms with van der Waals surface area (Å²) >= 11 is 6.03. The van der Waals surface area contributed by atoms with Gasteiger partial charge in [0.1, 0.15) is 5.75 Å². The smallest absolute Gasteiger partial charge is 0.138 e. The zero-order valence-electron chi connectivity index (χ0n) is 9.51. The number of rotatable bonds is 5. The third kappa shape index (κ3) is 4.10. The molecule has 1 N–H and O–H groups in total. The molecule has 0 spiro atoms. The van der Waals surface area contributed by atoms with Crippen molar-refractivity contribution in [3.05, 3.63) is 28.8 Å². The van der Waals surface area contributed by atoms with Gasteiger partial charge in [-0.3, -0.25) is 0 Å². The van der Waals surface area contributed by atoms with Gasteiger partial charge in [-0.15, -0.1) is 0 Å². The van der Waals surface area contributed by atoms with Gasteiger partial charge in [-0.05, 0) is 51.6 Å². The van der Waals surface area contributed by atoms with Crippen LogP contribution in [0.3, 0.4) is 0 Å². The third-order valence-corrected chi connectivity index (χ3v) is 2.33. The molecule has 0 radical (unpaired) electrons. The molecule has 3 heteroatoms. The van der Waals surface area contributed by atoms with E-state index in [2.05, 4.69) is 5.32 Å². The maximum Gasteiger partial charge on any atom is 0.138 e. The Hall–Kier alpha value is -0.730. The van der Waals surface area contributed by atoms with E-state index in [-0.39, 0.29) is 6.10 Å².